The lowest BCUT2D eigenvalue weighted by Gasteiger charge is -2.26. The van der Waals surface area contributed by atoms with Gasteiger partial charge in [-0.2, -0.15) is 0 Å². The summed E-state index contributed by atoms with van der Waals surface area (Å²) in [4.78, 5) is 28.2. The Morgan fingerprint density at radius 2 is 2.26 bits per heavy atom. The zero-order valence-corrected chi connectivity index (χ0v) is 13.6. The second-order valence-electron chi connectivity index (χ2n) is 6.50. The highest BCUT2D eigenvalue weighted by molar-refractivity contribution is 5.67. The number of nitrogens with one attached hydrogen (secondary N) is 1. The van der Waals surface area contributed by atoms with Gasteiger partial charge >= 0.3 is 6.09 Å². The number of hydrogen-bond donors (Lipinski definition) is 1. The Kier molecular flexibility index (Phi) is 5.02. The van der Waals surface area contributed by atoms with Gasteiger partial charge in [0, 0.05) is 25.2 Å². The molecule has 2 rings (SSSR count). The summed E-state index contributed by atoms with van der Waals surface area (Å²) < 4.78 is 5.22. The van der Waals surface area contributed by atoms with Gasteiger partial charge in [0.05, 0.1) is 4.92 Å². The van der Waals surface area contributed by atoms with Crippen LogP contribution in [-0.2, 0) is 4.74 Å². The van der Waals surface area contributed by atoms with Crippen LogP contribution >= 0.6 is 0 Å². The van der Waals surface area contributed by atoms with Crippen LogP contribution in [0.1, 0.15) is 33.6 Å². The van der Waals surface area contributed by atoms with Crippen molar-refractivity contribution in [2.24, 2.45) is 0 Å². The fourth-order valence-corrected chi connectivity index (χ4v) is 2.52. The first kappa shape index (κ1) is 17.0. The Hall–Kier alpha value is -2.38. The third-order valence-corrected chi connectivity index (χ3v) is 3.50. The van der Waals surface area contributed by atoms with Crippen LogP contribution in [0.2, 0.25) is 0 Å². The second-order valence-corrected chi connectivity index (χ2v) is 6.50. The molecule has 1 aliphatic rings. The highest BCUT2D eigenvalue weighted by atomic mass is 16.6. The number of nitro groups is 1. The van der Waals surface area contributed by atoms with Gasteiger partial charge in [-0.15, -0.1) is 0 Å². The molecule has 8 nitrogen and oxygen atoms in total. The Labute approximate surface area is 135 Å². The van der Waals surface area contributed by atoms with Crippen LogP contribution in [0.3, 0.4) is 0 Å². The molecule has 0 saturated carbocycles. The van der Waals surface area contributed by atoms with Crippen molar-refractivity contribution in [3.8, 4) is 0 Å². The van der Waals surface area contributed by atoms with E-state index < -0.39 is 16.6 Å². The smallest absolute Gasteiger partial charge is 0.407 e. The van der Waals surface area contributed by atoms with Crippen LogP contribution in [0.15, 0.2) is 18.3 Å². The molecule has 0 spiro atoms. The second kappa shape index (κ2) is 6.80. The molecule has 2 heterocycles. The number of carbonyl (C=O) groups excluding carboxylic acids is 1. The summed E-state index contributed by atoms with van der Waals surface area (Å²) in [7, 11) is 0. The van der Waals surface area contributed by atoms with Crippen LogP contribution in [0.25, 0.3) is 0 Å². The van der Waals surface area contributed by atoms with E-state index in [1.807, 2.05) is 20.8 Å². The van der Waals surface area contributed by atoms with Crippen molar-refractivity contribution < 1.29 is 14.5 Å². The van der Waals surface area contributed by atoms with Crippen LogP contribution in [0.4, 0.5) is 16.3 Å². The first-order valence-electron chi connectivity index (χ1n) is 7.60. The molecule has 1 atom stereocenters. The summed E-state index contributed by atoms with van der Waals surface area (Å²) >= 11 is 0. The molecule has 0 aromatic carbocycles. The molecule has 126 valence electrons. The Morgan fingerprint density at radius 3 is 2.83 bits per heavy atom. The number of anilines is 1. The summed E-state index contributed by atoms with van der Waals surface area (Å²) in [6, 6.07) is 3.19. The van der Waals surface area contributed by atoms with Gasteiger partial charge in [-0.1, -0.05) is 0 Å². The number of carbonyl (C=O) groups is 1. The number of ether oxygens (including phenoxy) is 1. The fourth-order valence-electron chi connectivity index (χ4n) is 2.52. The number of hydrogen-bond acceptors (Lipinski definition) is 6. The highest BCUT2D eigenvalue weighted by Gasteiger charge is 2.27. The molecule has 0 bridgehead atoms. The molecular formula is C15H22N4O4. The van der Waals surface area contributed by atoms with Crippen molar-refractivity contribution in [2.75, 3.05) is 18.0 Å². The van der Waals surface area contributed by atoms with Crippen LogP contribution in [0, 0.1) is 10.1 Å². The van der Waals surface area contributed by atoms with E-state index in [2.05, 4.69) is 15.2 Å². The molecule has 8 heteroatoms. The maximum atomic E-state index is 11.7. The van der Waals surface area contributed by atoms with E-state index in [9.17, 15) is 14.9 Å². The van der Waals surface area contributed by atoms with Gasteiger partial charge in [0.1, 0.15) is 17.6 Å². The van der Waals surface area contributed by atoms with E-state index in [1.54, 1.807) is 6.07 Å². The Bertz CT molecular complexity index is 568. The SMILES string of the molecule is CC(C)(C)OC(=O)NCC1CCCN1c1ccc([N+](=O)[O-])cn1. The molecule has 1 unspecified atom stereocenters. The molecule has 0 radical (unpaired) electrons. The van der Waals surface area contributed by atoms with Crippen LogP contribution in [0.5, 0.6) is 0 Å². The van der Waals surface area contributed by atoms with Gasteiger partial charge in [0.25, 0.3) is 5.69 Å². The number of pyridine rings is 1. The molecule has 1 aromatic rings. The third kappa shape index (κ3) is 4.80. The zero-order valence-electron chi connectivity index (χ0n) is 13.6. The molecule has 1 fully saturated rings. The fraction of sp³-hybridized carbons (Fsp3) is 0.600. The summed E-state index contributed by atoms with van der Waals surface area (Å²) in [6.07, 6.45) is 2.72. The average Bonchev–Trinajstić information content (AvgIpc) is 2.92. The Balaban J connectivity index is 1.95. The van der Waals surface area contributed by atoms with E-state index in [1.165, 1.54) is 12.3 Å². The van der Waals surface area contributed by atoms with Crippen molar-refractivity contribution in [2.45, 2.75) is 45.3 Å². The molecule has 1 aliphatic heterocycles. The largest absolute Gasteiger partial charge is 0.444 e. The molecule has 1 aromatic heterocycles. The molecule has 1 amide bonds. The number of nitrogens with zero attached hydrogens (tertiary/aromatic N) is 3. The van der Waals surface area contributed by atoms with Crippen molar-refractivity contribution in [1.82, 2.24) is 10.3 Å². The quantitative estimate of drug-likeness (QED) is 0.675. The lowest BCUT2D eigenvalue weighted by molar-refractivity contribution is -0.385. The van der Waals surface area contributed by atoms with Crippen molar-refractivity contribution in [3.63, 3.8) is 0 Å². The lowest BCUT2D eigenvalue weighted by atomic mass is 10.2. The maximum absolute atomic E-state index is 11.7. The standard InChI is InChI=1S/C15H22N4O4/c1-15(2,3)23-14(20)17-9-11-5-4-8-18(11)13-7-6-12(10-16-13)19(21)22/h6-7,10-11H,4-5,8-9H2,1-3H3,(H,17,20). The predicted octanol–water partition coefficient (Wildman–Crippen LogP) is 2.48. The molecule has 23 heavy (non-hydrogen) atoms. The zero-order chi connectivity index (χ0) is 17.0. The van der Waals surface area contributed by atoms with Gasteiger partial charge in [-0.3, -0.25) is 10.1 Å². The van der Waals surface area contributed by atoms with Crippen LogP contribution in [-0.4, -0.2) is 40.7 Å². The first-order chi connectivity index (χ1) is 10.8. The topological polar surface area (TPSA) is 97.6 Å². The minimum atomic E-state index is -0.528. The minimum absolute atomic E-state index is 0.0311. The monoisotopic (exact) mass is 322 g/mol. The van der Waals surface area contributed by atoms with Gasteiger partial charge in [-0.05, 0) is 39.7 Å². The third-order valence-electron chi connectivity index (χ3n) is 3.50. The molecule has 0 aliphatic carbocycles. The number of rotatable bonds is 4. The molecule has 1 saturated heterocycles. The van der Waals surface area contributed by atoms with E-state index in [0.717, 1.165) is 19.4 Å². The minimum Gasteiger partial charge on any atom is -0.444 e. The van der Waals surface area contributed by atoms with Gasteiger partial charge < -0.3 is 15.0 Å². The van der Waals surface area contributed by atoms with Crippen molar-refractivity contribution in [3.05, 3.63) is 28.4 Å². The predicted molar refractivity (Wildman–Crippen MR) is 85.5 cm³/mol. The highest BCUT2D eigenvalue weighted by Crippen LogP contribution is 2.24. The van der Waals surface area contributed by atoms with E-state index in [4.69, 9.17) is 4.74 Å². The summed E-state index contributed by atoms with van der Waals surface area (Å²) in [5.74, 6) is 0.684. The average molecular weight is 322 g/mol. The van der Waals surface area contributed by atoms with Crippen molar-refractivity contribution in [1.29, 1.82) is 0 Å². The summed E-state index contributed by atoms with van der Waals surface area (Å²) in [6.45, 7) is 6.71. The number of alkyl carbamates (subject to hydrolysis) is 1. The molecule has 1 N–H and O–H groups in total. The van der Waals surface area contributed by atoms with Crippen molar-refractivity contribution >= 4 is 17.6 Å². The molecular weight excluding hydrogens is 300 g/mol. The lowest BCUT2D eigenvalue weighted by Crippen LogP contribution is -2.42. The summed E-state index contributed by atoms with van der Waals surface area (Å²) in [5, 5.41) is 13.5. The van der Waals surface area contributed by atoms with E-state index in [-0.39, 0.29) is 11.7 Å². The van der Waals surface area contributed by atoms with Gasteiger partial charge in [0.2, 0.25) is 0 Å². The van der Waals surface area contributed by atoms with Crippen LogP contribution < -0.4 is 10.2 Å². The number of amides is 1. The van der Waals surface area contributed by atoms with E-state index in [0.29, 0.717) is 12.4 Å². The van der Waals surface area contributed by atoms with E-state index >= 15 is 0 Å². The Morgan fingerprint density at radius 1 is 1.52 bits per heavy atom. The van der Waals surface area contributed by atoms with Gasteiger partial charge in [0.15, 0.2) is 0 Å². The maximum Gasteiger partial charge on any atom is 0.407 e. The first-order valence-corrected chi connectivity index (χ1v) is 7.60. The summed E-state index contributed by atoms with van der Waals surface area (Å²) in [5.41, 5.74) is -0.560. The number of aromatic nitrogens is 1. The van der Waals surface area contributed by atoms with Gasteiger partial charge in [-0.25, -0.2) is 9.78 Å². The normalized spacial score (nSPS) is 17.9.